The van der Waals surface area contributed by atoms with Crippen molar-refractivity contribution < 1.29 is 0 Å². The van der Waals surface area contributed by atoms with Crippen LogP contribution in [0, 0.1) is 5.92 Å². The van der Waals surface area contributed by atoms with Crippen molar-refractivity contribution in [2.75, 3.05) is 6.16 Å². The predicted octanol–water partition coefficient (Wildman–Crippen LogP) is 3.00. The highest BCUT2D eigenvalue weighted by molar-refractivity contribution is 7.16. The van der Waals surface area contributed by atoms with Crippen LogP contribution in [0.5, 0.6) is 0 Å². The lowest BCUT2D eigenvalue weighted by molar-refractivity contribution is 0.385. The minimum absolute atomic E-state index is 0.941. The molecule has 1 saturated carbocycles. The molecule has 0 nitrogen and oxygen atoms in total. The largest absolute Gasteiger partial charge is 0.137 e. The summed E-state index contributed by atoms with van der Waals surface area (Å²) in [5, 5.41) is 0. The zero-order valence-electron chi connectivity index (χ0n) is 6.77. The molecule has 1 aliphatic rings. The second-order valence-electron chi connectivity index (χ2n) is 3.24. The molecule has 1 rings (SSSR count). The predicted molar refractivity (Wildman–Crippen MR) is 50.3 cm³/mol. The number of hydrogen-bond acceptors (Lipinski definition) is 0. The molecule has 0 aliphatic heterocycles. The average Bonchev–Trinajstić information content (AvgIpc) is 1.80. The molecule has 1 unspecified atom stereocenters. The number of hydrogen-bond donors (Lipinski definition) is 0. The van der Waals surface area contributed by atoms with E-state index in [9.17, 15) is 0 Å². The van der Waals surface area contributed by atoms with Gasteiger partial charge in [0.25, 0.3) is 0 Å². The summed E-state index contributed by atoms with van der Waals surface area (Å²) in [5.74, 6) is 0.941. The summed E-state index contributed by atoms with van der Waals surface area (Å²) in [4.78, 5) is 0. The van der Waals surface area contributed by atoms with Crippen LogP contribution in [0.2, 0.25) is 0 Å². The highest BCUT2D eigenvalue weighted by Gasteiger charge is 2.13. The van der Waals surface area contributed by atoms with Crippen LogP contribution in [-0.2, 0) is 0 Å². The van der Waals surface area contributed by atoms with E-state index in [1.807, 2.05) is 0 Å². The highest BCUT2D eigenvalue weighted by atomic mass is 31.0. The molecule has 0 N–H and O–H groups in total. The van der Waals surface area contributed by atoms with Crippen molar-refractivity contribution in [3.05, 3.63) is 11.6 Å². The summed E-state index contributed by atoms with van der Waals surface area (Å²) in [6, 6.07) is 0. The van der Waals surface area contributed by atoms with Crippen molar-refractivity contribution in [1.29, 1.82) is 0 Å². The van der Waals surface area contributed by atoms with Crippen LogP contribution in [0.15, 0.2) is 11.6 Å². The molecule has 0 aromatic carbocycles. The monoisotopic (exact) mass is 156 g/mol. The van der Waals surface area contributed by atoms with Gasteiger partial charge in [-0.05, 0) is 38.3 Å². The lowest BCUT2D eigenvalue weighted by atomic mass is 9.84. The molecular weight excluding hydrogens is 139 g/mol. The third-order valence-corrected chi connectivity index (χ3v) is 2.50. The van der Waals surface area contributed by atoms with E-state index in [2.05, 4.69) is 22.2 Å². The Kier molecular flexibility index (Phi) is 3.42. The maximum Gasteiger partial charge on any atom is -0.0231 e. The fourth-order valence-electron chi connectivity index (χ4n) is 1.32. The van der Waals surface area contributed by atoms with Gasteiger partial charge in [0.1, 0.15) is 0 Å². The van der Waals surface area contributed by atoms with Crippen LogP contribution in [-0.4, -0.2) is 6.16 Å². The van der Waals surface area contributed by atoms with E-state index in [1.165, 1.54) is 31.8 Å². The lowest BCUT2D eigenvalue weighted by Crippen LogP contribution is -2.07. The standard InChI is InChI=1S/C9H17P/c1-8(5-6-10)7-9-3-2-4-9/h7,9H,2-6,10H2,1H3/b8-7+. The van der Waals surface area contributed by atoms with E-state index >= 15 is 0 Å². The van der Waals surface area contributed by atoms with Crippen LogP contribution in [0.4, 0.5) is 0 Å². The van der Waals surface area contributed by atoms with Crippen molar-refractivity contribution in [2.45, 2.75) is 32.6 Å². The zero-order valence-corrected chi connectivity index (χ0v) is 7.92. The molecule has 0 aromatic rings. The minimum Gasteiger partial charge on any atom is -0.137 e. The van der Waals surface area contributed by atoms with Gasteiger partial charge in [-0.1, -0.05) is 18.1 Å². The van der Waals surface area contributed by atoms with Gasteiger partial charge in [-0.2, -0.15) is 0 Å². The van der Waals surface area contributed by atoms with Crippen molar-refractivity contribution in [3.8, 4) is 0 Å². The molecule has 0 heterocycles. The lowest BCUT2D eigenvalue weighted by Gasteiger charge is -2.22. The Bertz CT molecular complexity index is 123. The van der Waals surface area contributed by atoms with Gasteiger partial charge in [0.15, 0.2) is 0 Å². The molecule has 0 radical (unpaired) electrons. The van der Waals surface area contributed by atoms with E-state index in [0.717, 1.165) is 5.92 Å². The molecule has 1 heteroatoms. The van der Waals surface area contributed by atoms with Crippen LogP contribution >= 0.6 is 9.24 Å². The first-order valence-electron chi connectivity index (χ1n) is 4.20. The van der Waals surface area contributed by atoms with E-state index in [-0.39, 0.29) is 0 Å². The van der Waals surface area contributed by atoms with Gasteiger partial charge in [0.2, 0.25) is 0 Å². The average molecular weight is 156 g/mol. The molecule has 0 amide bonds. The van der Waals surface area contributed by atoms with E-state index in [0.29, 0.717) is 0 Å². The minimum atomic E-state index is 0.941. The summed E-state index contributed by atoms with van der Waals surface area (Å²) in [5.41, 5.74) is 1.58. The van der Waals surface area contributed by atoms with E-state index in [4.69, 9.17) is 0 Å². The first kappa shape index (κ1) is 8.27. The van der Waals surface area contributed by atoms with Gasteiger partial charge in [-0.15, -0.1) is 9.24 Å². The Morgan fingerprint density at radius 2 is 2.30 bits per heavy atom. The van der Waals surface area contributed by atoms with Gasteiger partial charge < -0.3 is 0 Å². The summed E-state index contributed by atoms with van der Waals surface area (Å²) < 4.78 is 0. The summed E-state index contributed by atoms with van der Waals surface area (Å²) >= 11 is 0. The molecule has 0 spiro atoms. The maximum absolute atomic E-state index is 2.78. The molecule has 58 valence electrons. The molecule has 10 heavy (non-hydrogen) atoms. The van der Waals surface area contributed by atoms with Gasteiger partial charge in [0, 0.05) is 0 Å². The SMILES string of the molecule is C/C(=C\C1CCC1)CCP. The van der Waals surface area contributed by atoms with Gasteiger partial charge in [-0.25, -0.2) is 0 Å². The van der Waals surface area contributed by atoms with Crippen LogP contribution in [0.3, 0.4) is 0 Å². The normalized spacial score (nSPS) is 20.8. The van der Waals surface area contributed by atoms with Crippen LogP contribution in [0.1, 0.15) is 32.6 Å². The van der Waals surface area contributed by atoms with Crippen LogP contribution < -0.4 is 0 Å². The molecule has 0 aromatic heterocycles. The molecular formula is C9H17P. The quantitative estimate of drug-likeness (QED) is 0.435. The first-order chi connectivity index (χ1) is 4.83. The third kappa shape index (κ3) is 2.42. The fraction of sp³-hybridized carbons (Fsp3) is 0.778. The number of rotatable bonds is 3. The molecule has 0 saturated heterocycles. The second-order valence-corrected chi connectivity index (χ2v) is 3.82. The third-order valence-electron chi connectivity index (χ3n) is 2.21. The van der Waals surface area contributed by atoms with Gasteiger partial charge >= 0.3 is 0 Å². The van der Waals surface area contributed by atoms with Crippen molar-refractivity contribution in [1.82, 2.24) is 0 Å². The Hall–Kier alpha value is 0.170. The van der Waals surface area contributed by atoms with E-state index < -0.39 is 0 Å². The first-order valence-corrected chi connectivity index (χ1v) is 5.02. The second kappa shape index (κ2) is 4.13. The van der Waals surface area contributed by atoms with Crippen molar-refractivity contribution in [2.24, 2.45) is 5.92 Å². The highest BCUT2D eigenvalue weighted by Crippen LogP contribution is 2.28. The molecule has 1 fully saturated rings. The Morgan fingerprint density at radius 1 is 1.60 bits per heavy atom. The Balaban J connectivity index is 2.22. The Morgan fingerprint density at radius 3 is 2.70 bits per heavy atom. The fourth-order valence-corrected chi connectivity index (χ4v) is 1.78. The summed E-state index contributed by atoms with van der Waals surface area (Å²) in [6.45, 7) is 2.25. The molecule has 1 atom stereocenters. The Labute approximate surface area is 66.3 Å². The molecule has 1 aliphatic carbocycles. The van der Waals surface area contributed by atoms with E-state index in [1.54, 1.807) is 5.57 Å². The van der Waals surface area contributed by atoms with Crippen molar-refractivity contribution in [3.63, 3.8) is 0 Å². The van der Waals surface area contributed by atoms with Crippen molar-refractivity contribution >= 4 is 9.24 Å². The number of allylic oxidation sites excluding steroid dienone is 2. The summed E-state index contributed by atoms with van der Waals surface area (Å²) in [7, 11) is 2.78. The topological polar surface area (TPSA) is 0 Å². The van der Waals surface area contributed by atoms with Crippen LogP contribution in [0.25, 0.3) is 0 Å². The van der Waals surface area contributed by atoms with Gasteiger partial charge in [-0.3, -0.25) is 0 Å². The van der Waals surface area contributed by atoms with Gasteiger partial charge in [0.05, 0.1) is 0 Å². The zero-order chi connectivity index (χ0) is 7.40. The smallest absolute Gasteiger partial charge is 0.0231 e. The summed E-state index contributed by atoms with van der Waals surface area (Å²) in [6.07, 6.45) is 9.28. The maximum atomic E-state index is 2.78. The molecule has 0 bridgehead atoms.